The minimum Gasteiger partial charge on any atom is -0.444 e. The van der Waals surface area contributed by atoms with Gasteiger partial charge in [-0.1, -0.05) is 12.1 Å². The molecule has 1 rings (SSSR count). The average Bonchev–Trinajstić information content (AvgIpc) is 2.24. The van der Waals surface area contributed by atoms with Crippen molar-refractivity contribution >= 4 is 28.7 Å². The highest BCUT2D eigenvalue weighted by Gasteiger charge is 2.16. The molecule has 0 heterocycles. The van der Waals surface area contributed by atoms with Crippen LogP contribution in [0, 0.1) is 3.57 Å². The second-order valence-electron chi connectivity index (χ2n) is 5.04. The lowest BCUT2D eigenvalue weighted by atomic mass is 10.1. The fraction of sp³-hybridized carbons (Fsp3) is 0.462. The molecule has 1 aromatic rings. The lowest BCUT2D eigenvalue weighted by Gasteiger charge is -2.20. The molecule has 0 spiro atoms. The molecule has 0 aliphatic heterocycles. The molecule has 0 unspecified atom stereocenters. The van der Waals surface area contributed by atoms with Gasteiger partial charge in [0, 0.05) is 16.2 Å². The SMILES string of the molecule is CC(C)(C)OC(=O)NC[C@@H](N)c1ccc(I)cc1. The molecule has 5 heteroatoms. The van der Waals surface area contributed by atoms with Gasteiger partial charge >= 0.3 is 6.09 Å². The number of ether oxygens (including phenoxy) is 1. The van der Waals surface area contributed by atoms with Crippen LogP contribution in [-0.4, -0.2) is 18.2 Å². The van der Waals surface area contributed by atoms with Crippen LogP contribution in [0.5, 0.6) is 0 Å². The van der Waals surface area contributed by atoms with Gasteiger partial charge in [-0.3, -0.25) is 0 Å². The number of halogens is 1. The smallest absolute Gasteiger partial charge is 0.407 e. The van der Waals surface area contributed by atoms with Gasteiger partial charge in [-0.25, -0.2) is 4.79 Å². The zero-order chi connectivity index (χ0) is 13.8. The van der Waals surface area contributed by atoms with Gasteiger partial charge in [-0.05, 0) is 61.1 Å². The van der Waals surface area contributed by atoms with Crippen LogP contribution in [0.25, 0.3) is 0 Å². The summed E-state index contributed by atoms with van der Waals surface area (Å²) in [5, 5.41) is 2.66. The molecule has 0 bridgehead atoms. The van der Waals surface area contributed by atoms with Crippen LogP contribution in [0.2, 0.25) is 0 Å². The van der Waals surface area contributed by atoms with Crippen molar-refractivity contribution in [2.45, 2.75) is 32.4 Å². The first-order valence-electron chi connectivity index (χ1n) is 5.76. The number of nitrogens with one attached hydrogen (secondary N) is 1. The molecular formula is C13H19IN2O2. The van der Waals surface area contributed by atoms with E-state index < -0.39 is 11.7 Å². The number of amides is 1. The fourth-order valence-corrected chi connectivity index (χ4v) is 1.69. The minimum atomic E-state index is -0.489. The van der Waals surface area contributed by atoms with Gasteiger partial charge in [0.15, 0.2) is 0 Å². The summed E-state index contributed by atoms with van der Waals surface area (Å²) in [5.41, 5.74) is 6.49. The first-order valence-corrected chi connectivity index (χ1v) is 6.84. The molecule has 3 N–H and O–H groups in total. The molecule has 0 fully saturated rings. The van der Waals surface area contributed by atoms with E-state index in [9.17, 15) is 4.79 Å². The zero-order valence-electron chi connectivity index (χ0n) is 10.9. The van der Waals surface area contributed by atoms with Gasteiger partial charge in [-0.15, -0.1) is 0 Å². The van der Waals surface area contributed by atoms with Gasteiger partial charge in [-0.2, -0.15) is 0 Å². The van der Waals surface area contributed by atoms with Crippen molar-refractivity contribution in [3.8, 4) is 0 Å². The summed E-state index contributed by atoms with van der Waals surface area (Å²) in [6.07, 6.45) is -0.441. The van der Waals surface area contributed by atoms with E-state index in [4.69, 9.17) is 10.5 Å². The van der Waals surface area contributed by atoms with Crippen molar-refractivity contribution in [2.75, 3.05) is 6.54 Å². The number of carbonyl (C=O) groups excluding carboxylic acids is 1. The molecule has 0 aromatic heterocycles. The van der Waals surface area contributed by atoms with Crippen molar-refractivity contribution in [3.63, 3.8) is 0 Å². The van der Waals surface area contributed by atoms with Gasteiger partial charge in [0.1, 0.15) is 5.60 Å². The number of rotatable bonds is 3. The van der Waals surface area contributed by atoms with E-state index in [-0.39, 0.29) is 6.04 Å². The van der Waals surface area contributed by atoms with Gasteiger partial charge in [0.2, 0.25) is 0 Å². The third kappa shape index (κ3) is 5.68. The quantitative estimate of drug-likeness (QED) is 0.813. The van der Waals surface area contributed by atoms with E-state index in [1.54, 1.807) is 0 Å². The molecule has 1 amide bonds. The van der Waals surface area contributed by atoms with Crippen LogP contribution in [0.15, 0.2) is 24.3 Å². The lowest BCUT2D eigenvalue weighted by molar-refractivity contribution is 0.0524. The predicted molar refractivity (Wildman–Crippen MR) is 80.3 cm³/mol. The summed E-state index contributed by atoms with van der Waals surface area (Å²) in [7, 11) is 0. The maximum atomic E-state index is 11.5. The zero-order valence-corrected chi connectivity index (χ0v) is 13.0. The van der Waals surface area contributed by atoms with Crippen molar-refractivity contribution in [1.29, 1.82) is 0 Å². The minimum absolute atomic E-state index is 0.227. The molecule has 0 aliphatic carbocycles. The van der Waals surface area contributed by atoms with Crippen molar-refractivity contribution in [3.05, 3.63) is 33.4 Å². The van der Waals surface area contributed by atoms with E-state index in [1.165, 1.54) is 0 Å². The van der Waals surface area contributed by atoms with Crippen molar-refractivity contribution < 1.29 is 9.53 Å². The lowest BCUT2D eigenvalue weighted by Crippen LogP contribution is -2.36. The van der Waals surface area contributed by atoms with Gasteiger partial charge < -0.3 is 15.8 Å². The maximum Gasteiger partial charge on any atom is 0.407 e. The van der Waals surface area contributed by atoms with Crippen molar-refractivity contribution in [2.24, 2.45) is 5.73 Å². The van der Waals surface area contributed by atoms with Gasteiger partial charge in [0.05, 0.1) is 0 Å². The Morgan fingerprint density at radius 1 is 1.39 bits per heavy atom. The number of hydrogen-bond acceptors (Lipinski definition) is 3. The highest BCUT2D eigenvalue weighted by molar-refractivity contribution is 14.1. The van der Waals surface area contributed by atoms with Crippen LogP contribution in [0.1, 0.15) is 32.4 Å². The Morgan fingerprint density at radius 3 is 2.44 bits per heavy atom. The summed E-state index contributed by atoms with van der Waals surface area (Å²) in [4.78, 5) is 11.5. The number of benzene rings is 1. The molecule has 1 atom stereocenters. The topological polar surface area (TPSA) is 64.3 Å². The number of alkyl carbamates (subject to hydrolysis) is 1. The Bertz CT molecular complexity index is 398. The monoisotopic (exact) mass is 362 g/mol. The van der Waals surface area contributed by atoms with Crippen molar-refractivity contribution in [1.82, 2.24) is 5.32 Å². The first-order chi connectivity index (χ1) is 8.28. The summed E-state index contributed by atoms with van der Waals surface area (Å²) in [5.74, 6) is 0. The van der Waals surface area contributed by atoms with Crippen LogP contribution in [0.3, 0.4) is 0 Å². The fourth-order valence-electron chi connectivity index (χ4n) is 1.34. The maximum absolute atomic E-state index is 11.5. The molecular weight excluding hydrogens is 343 g/mol. The van der Waals surface area contributed by atoms with Crippen LogP contribution in [-0.2, 0) is 4.74 Å². The van der Waals surface area contributed by atoms with Crippen LogP contribution >= 0.6 is 22.6 Å². The molecule has 0 saturated heterocycles. The standard InChI is InChI=1S/C13H19IN2O2/c1-13(2,3)18-12(17)16-8-11(15)9-4-6-10(14)7-5-9/h4-7,11H,8,15H2,1-3H3,(H,16,17)/t11-/m1/s1. The summed E-state index contributed by atoms with van der Waals surface area (Å²) in [6.45, 7) is 5.83. The molecule has 1 aromatic carbocycles. The summed E-state index contributed by atoms with van der Waals surface area (Å²) >= 11 is 2.24. The van der Waals surface area contributed by atoms with Gasteiger partial charge in [0.25, 0.3) is 0 Å². The number of carbonyl (C=O) groups is 1. The molecule has 18 heavy (non-hydrogen) atoms. The average molecular weight is 362 g/mol. The summed E-state index contributed by atoms with van der Waals surface area (Å²) in [6, 6.07) is 7.67. The normalized spacial score (nSPS) is 12.9. The second-order valence-corrected chi connectivity index (χ2v) is 6.29. The number of nitrogens with two attached hydrogens (primary N) is 1. The third-order valence-electron chi connectivity index (χ3n) is 2.16. The molecule has 0 radical (unpaired) electrons. The van der Waals surface area contributed by atoms with Crippen LogP contribution in [0.4, 0.5) is 4.79 Å². The molecule has 0 aliphatic rings. The highest BCUT2D eigenvalue weighted by Crippen LogP contribution is 2.12. The van der Waals surface area contributed by atoms with E-state index >= 15 is 0 Å². The molecule has 0 saturated carbocycles. The van der Waals surface area contributed by atoms with E-state index in [0.717, 1.165) is 9.13 Å². The Labute approximate surface area is 121 Å². The van der Waals surface area contributed by atoms with E-state index in [2.05, 4.69) is 27.9 Å². The highest BCUT2D eigenvalue weighted by atomic mass is 127. The molecule has 4 nitrogen and oxygen atoms in total. The molecule has 100 valence electrons. The third-order valence-corrected chi connectivity index (χ3v) is 2.88. The van der Waals surface area contributed by atoms with E-state index in [0.29, 0.717) is 6.54 Å². The number of hydrogen-bond donors (Lipinski definition) is 2. The van der Waals surface area contributed by atoms with E-state index in [1.807, 2.05) is 45.0 Å². The predicted octanol–water partition coefficient (Wildman–Crippen LogP) is 2.82. The van der Waals surface area contributed by atoms with Crippen LogP contribution < -0.4 is 11.1 Å². The Balaban J connectivity index is 2.44. The summed E-state index contributed by atoms with van der Waals surface area (Å²) < 4.78 is 6.29. The largest absolute Gasteiger partial charge is 0.444 e. The Hall–Kier alpha value is -0.820. The Morgan fingerprint density at radius 2 is 1.94 bits per heavy atom. The second kappa shape index (κ2) is 6.38. The first kappa shape index (κ1) is 15.2. The Kier molecular flexibility index (Phi) is 5.40.